The first-order chi connectivity index (χ1) is 10.6. The molecule has 0 aromatic rings. The minimum absolute atomic E-state index is 0.0167. The number of unbranched alkanes of at least 4 members (excludes halogenated alkanes) is 1. The minimum Gasteiger partial charge on any atom is -0.469 e. The average Bonchev–Trinajstić information content (AvgIpc) is 2.50. The molecule has 0 unspecified atom stereocenters. The molecule has 0 radical (unpaired) electrons. The highest BCUT2D eigenvalue weighted by Crippen LogP contribution is 2.09. The highest BCUT2D eigenvalue weighted by Gasteiger charge is 2.10. The van der Waals surface area contributed by atoms with Crippen molar-refractivity contribution in [2.75, 3.05) is 7.11 Å². The standard InChI is InChI=1S/C18H24O4/c1-3-4-5-6-7-8-9-12-16(19)13-10-11-14-17(20)15-18(21)22-2/h3-4,9,12,16-17,19-20H,10-11,13-15H2,1-2H3/b4-3+,12-9+/t16-,17+/m0/s1. The number of aliphatic hydroxyl groups excluding tert-OH is 2. The first-order valence-corrected chi connectivity index (χ1v) is 7.32. The van der Waals surface area contributed by atoms with Crippen LogP contribution in [0.5, 0.6) is 0 Å². The summed E-state index contributed by atoms with van der Waals surface area (Å²) in [4.78, 5) is 10.9. The van der Waals surface area contributed by atoms with Gasteiger partial charge in [-0.05, 0) is 49.8 Å². The number of hydrogen-bond acceptors (Lipinski definition) is 4. The summed E-state index contributed by atoms with van der Waals surface area (Å²) in [7, 11) is 1.30. The fourth-order valence-corrected chi connectivity index (χ4v) is 1.61. The Kier molecular flexibility index (Phi) is 12.7. The molecule has 0 aliphatic heterocycles. The van der Waals surface area contributed by atoms with E-state index in [4.69, 9.17) is 0 Å². The van der Waals surface area contributed by atoms with Crippen LogP contribution in [0.2, 0.25) is 0 Å². The molecule has 0 saturated carbocycles. The molecule has 0 fully saturated rings. The van der Waals surface area contributed by atoms with Gasteiger partial charge in [-0.2, -0.15) is 0 Å². The van der Waals surface area contributed by atoms with Crippen molar-refractivity contribution in [1.29, 1.82) is 0 Å². The SMILES string of the molecule is C/C=C/C#CC#C/C=C/[C@H](O)CCCC[C@@H](O)CC(=O)OC. The van der Waals surface area contributed by atoms with E-state index in [0.717, 1.165) is 12.8 Å². The Hall–Kier alpha value is -2.01. The number of hydrogen-bond donors (Lipinski definition) is 2. The molecule has 22 heavy (non-hydrogen) atoms. The summed E-state index contributed by atoms with van der Waals surface area (Å²) in [5.74, 6) is 10.3. The molecule has 4 heteroatoms. The zero-order valence-corrected chi connectivity index (χ0v) is 13.2. The van der Waals surface area contributed by atoms with Crippen molar-refractivity contribution >= 4 is 5.97 Å². The predicted molar refractivity (Wildman–Crippen MR) is 86.6 cm³/mol. The first-order valence-electron chi connectivity index (χ1n) is 7.32. The molecule has 4 nitrogen and oxygen atoms in total. The van der Waals surface area contributed by atoms with Crippen molar-refractivity contribution in [2.45, 2.75) is 51.2 Å². The normalized spacial score (nSPS) is 13.1. The van der Waals surface area contributed by atoms with Crippen LogP contribution in [0.15, 0.2) is 24.3 Å². The molecule has 0 aromatic heterocycles. The number of allylic oxidation sites excluding steroid dienone is 3. The Balaban J connectivity index is 3.80. The van der Waals surface area contributed by atoms with Gasteiger partial charge in [-0.3, -0.25) is 4.79 Å². The molecule has 0 rings (SSSR count). The van der Waals surface area contributed by atoms with Crippen molar-refractivity contribution in [3.8, 4) is 23.7 Å². The Morgan fingerprint density at radius 3 is 2.41 bits per heavy atom. The molecule has 0 heterocycles. The summed E-state index contributed by atoms with van der Waals surface area (Å²) in [6, 6.07) is 0. The van der Waals surface area contributed by atoms with Crippen LogP contribution < -0.4 is 0 Å². The summed E-state index contributed by atoms with van der Waals surface area (Å²) in [5, 5.41) is 19.3. The largest absolute Gasteiger partial charge is 0.469 e. The quantitative estimate of drug-likeness (QED) is 0.409. The van der Waals surface area contributed by atoms with Crippen molar-refractivity contribution in [3.63, 3.8) is 0 Å². The van der Waals surface area contributed by atoms with Crippen molar-refractivity contribution in [1.82, 2.24) is 0 Å². The molecular weight excluding hydrogens is 280 g/mol. The number of esters is 1. The van der Waals surface area contributed by atoms with E-state index in [9.17, 15) is 15.0 Å². The highest BCUT2D eigenvalue weighted by molar-refractivity contribution is 5.69. The molecule has 0 aromatic carbocycles. The van der Waals surface area contributed by atoms with Gasteiger partial charge in [-0.25, -0.2) is 0 Å². The van der Waals surface area contributed by atoms with E-state index in [1.807, 2.05) is 13.0 Å². The molecule has 2 N–H and O–H groups in total. The Labute approximate surface area is 132 Å². The lowest BCUT2D eigenvalue weighted by Crippen LogP contribution is -2.14. The molecule has 120 valence electrons. The Bertz CT molecular complexity index is 483. The molecule has 0 aliphatic carbocycles. The first kappa shape index (κ1) is 20.0. The maximum atomic E-state index is 10.9. The lowest BCUT2D eigenvalue weighted by atomic mass is 10.1. The molecule has 0 aliphatic rings. The van der Waals surface area contributed by atoms with E-state index in [1.165, 1.54) is 7.11 Å². The van der Waals surface area contributed by atoms with Gasteiger partial charge in [0.25, 0.3) is 0 Å². The summed E-state index contributed by atoms with van der Waals surface area (Å²) < 4.78 is 4.48. The molecule has 0 bridgehead atoms. The van der Waals surface area contributed by atoms with Crippen LogP contribution >= 0.6 is 0 Å². The smallest absolute Gasteiger partial charge is 0.308 e. The summed E-state index contributed by atoms with van der Waals surface area (Å²) in [6.07, 6.45) is 8.13. The third kappa shape index (κ3) is 13.0. The van der Waals surface area contributed by atoms with Gasteiger partial charge in [0.15, 0.2) is 0 Å². The molecule has 0 spiro atoms. The van der Waals surface area contributed by atoms with Crippen LogP contribution in [-0.2, 0) is 9.53 Å². The van der Waals surface area contributed by atoms with Gasteiger partial charge in [0, 0.05) is 0 Å². The maximum absolute atomic E-state index is 10.9. The number of ether oxygens (including phenoxy) is 1. The van der Waals surface area contributed by atoms with Gasteiger partial charge in [-0.15, -0.1) is 0 Å². The van der Waals surface area contributed by atoms with Crippen LogP contribution in [0.3, 0.4) is 0 Å². The zero-order valence-electron chi connectivity index (χ0n) is 13.2. The van der Waals surface area contributed by atoms with Gasteiger partial charge in [0.1, 0.15) is 0 Å². The number of methoxy groups -OCH3 is 1. The summed E-state index contributed by atoms with van der Waals surface area (Å²) in [6.45, 7) is 1.88. The van der Waals surface area contributed by atoms with Gasteiger partial charge in [-0.1, -0.05) is 30.8 Å². The minimum atomic E-state index is -0.679. The van der Waals surface area contributed by atoms with E-state index in [0.29, 0.717) is 12.8 Å². The zero-order chi connectivity index (χ0) is 16.6. The van der Waals surface area contributed by atoms with Gasteiger partial charge in [0.2, 0.25) is 0 Å². The number of carbonyl (C=O) groups is 1. The monoisotopic (exact) mass is 304 g/mol. The highest BCUT2D eigenvalue weighted by atomic mass is 16.5. The van der Waals surface area contributed by atoms with Crippen molar-refractivity contribution in [3.05, 3.63) is 24.3 Å². The summed E-state index contributed by atoms with van der Waals surface area (Å²) >= 11 is 0. The van der Waals surface area contributed by atoms with Crippen LogP contribution in [0.4, 0.5) is 0 Å². The van der Waals surface area contributed by atoms with E-state index in [-0.39, 0.29) is 6.42 Å². The Morgan fingerprint density at radius 1 is 1.14 bits per heavy atom. The van der Waals surface area contributed by atoms with E-state index in [1.54, 1.807) is 18.2 Å². The number of carbonyl (C=O) groups excluding carboxylic acids is 1. The predicted octanol–water partition coefficient (Wildman–Crippen LogP) is 1.97. The fourth-order valence-electron chi connectivity index (χ4n) is 1.61. The van der Waals surface area contributed by atoms with Crippen LogP contribution in [0.25, 0.3) is 0 Å². The van der Waals surface area contributed by atoms with Crippen LogP contribution in [0.1, 0.15) is 39.0 Å². The van der Waals surface area contributed by atoms with Crippen LogP contribution in [0, 0.1) is 23.7 Å². The van der Waals surface area contributed by atoms with E-state index < -0.39 is 18.2 Å². The lowest BCUT2D eigenvalue weighted by Gasteiger charge is -2.09. The molecule has 0 saturated heterocycles. The fraction of sp³-hybridized carbons (Fsp3) is 0.500. The van der Waals surface area contributed by atoms with Crippen LogP contribution in [-0.4, -0.2) is 35.5 Å². The second-order valence-electron chi connectivity index (χ2n) is 4.68. The third-order valence-corrected chi connectivity index (χ3v) is 2.78. The third-order valence-electron chi connectivity index (χ3n) is 2.78. The number of rotatable bonds is 8. The molecule has 2 atom stereocenters. The maximum Gasteiger partial charge on any atom is 0.308 e. The molecular formula is C18H24O4. The Morgan fingerprint density at radius 2 is 1.77 bits per heavy atom. The molecule has 0 amide bonds. The van der Waals surface area contributed by atoms with Gasteiger partial charge < -0.3 is 14.9 Å². The van der Waals surface area contributed by atoms with Crippen molar-refractivity contribution < 1.29 is 19.7 Å². The van der Waals surface area contributed by atoms with Gasteiger partial charge in [0.05, 0.1) is 25.7 Å². The topological polar surface area (TPSA) is 66.8 Å². The second kappa shape index (κ2) is 13.9. The lowest BCUT2D eigenvalue weighted by molar-refractivity contribution is -0.142. The van der Waals surface area contributed by atoms with E-state index >= 15 is 0 Å². The van der Waals surface area contributed by atoms with Gasteiger partial charge >= 0.3 is 5.97 Å². The second-order valence-corrected chi connectivity index (χ2v) is 4.68. The number of aliphatic hydroxyl groups is 2. The van der Waals surface area contributed by atoms with Crippen molar-refractivity contribution in [2.24, 2.45) is 0 Å². The average molecular weight is 304 g/mol. The summed E-state index contributed by atoms with van der Waals surface area (Å²) in [5.41, 5.74) is 0. The van der Waals surface area contributed by atoms with E-state index in [2.05, 4.69) is 28.4 Å².